The average Bonchev–Trinajstić information content (AvgIpc) is 2.68. The van der Waals surface area contributed by atoms with Gasteiger partial charge in [-0.15, -0.1) is 0 Å². The number of alkyl halides is 5. The van der Waals surface area contributed by atoms with Crippen LogP contribution < -0.4 is 15.4 Å². The van der Waals surface area contributed by atoms with Crippen molar-refractivity contribution >= 4 is 16.8 Å². The minimum Gasteiger partial charge on any atom is -0.432 e. The van der Waals surface area contributed by atoms with E-state index in [1.807, 2.05) is 0 Å². The summed E-state index contributed by atoms with van der Waals surface area (Å²) < 4.78 is 81.9. The van der Waals surface area contributed by atoms with E-state index < -0.39 is 35.8 Å². The van der Waals surface area contributed by atoms with Crippen LogP contribution in [0, 0.1) is 5.82 Å². The molecule has 1 aromatic heterocycles. The molecule has 2 aromatic rings. The Morgan fingerprint density at radius 2 is 1.75 bits per heavy atom. The molecule has 1 aliphatic rings. The molecule has 0 radical (unpaired) electrons. The molecule has 1 aromatic carbocycles. The number of carbonyl (C=O) groups excluding carboxylic acids is 1. The Balaban J connectivity index is 0.00000385. The standard InChI is InChI=1S/C21H23F6N3O2.H2/c1-20(2,21(25,26)27)30-14-5-3-13(4-6-14)29-18(31)12-7-11-8-15(22)17(32-19(23)24)9-16(11)28-10-12;/h7-10,13-14,19,30H,3-6H2,1-2H3,(H,29,31);1H. The molecule has 1 heterocycles. The van der Waals surface area contributed by atoms with Gasteiger partial charge in [-0.3, -0.25) is 9.78 Å². The monoisotopic (exact) mass is 465 g/mol. The molecule has 1 saturated carbocycles. The van der Waals surface area contributed by atoms with E-state index in [1.165, 1.54) is 12.3 Å². The van der Waals surface area contributed by atoms with E-state index in [0.29, 0.717) is 25.7 Å². The van der Waals surface area contributed by atoms with E-state index in [-0.39, 0.29) is 30.0 Å². The van der Waals surface area contributed by atoms with Crippen LogP contribution >= 0.6 is 0 Å². The lowest BCUT2D eigenvalue weighted by Gasteiger charge is -2.37. The number of amides is 1. The van der Waals surface area contributed by atoms with Gasteiger partial charge in [-0.2, -0.15) is 22.0 Å². The summed E-state index contributed by atoms with van der Waals surface area (Å²) in [4.78, 5) is 16.6. The summed E-state index contributed by atoms with van der Waals surface area (Å²) in [5, 5.41) is 5.70. The molecule has 3 rings (SSSR count). The first kappa shape index (κ1) is 24.1. The molecule has 1 amide bonds. The van der Waals surface area contributed by atoms with Crippen molar-refractivity contribution in [2.45, 2.75) is 69.9 Å². The van der Waals surface area contributed by atoms with Crippen molar-refractivity contribution in [3.8, 4) is 5.75 Å². The fraction of sp³-hybridized carbons (Fsp3) is 0.524. The number of hydrogen-bond acceptors (Lipinski definition) is 4. The molecule has 0 spiro atoms. The molecule has 0 aliphatic heterocycles. The molecular weight excluding hydrogens is 440 g/mol. The van der Waals surface area contributed by atoms with Gasteiger partial charge in [0.2, 0.25) is 0 Å². The summed E-state index contributed by atoms with van der Waals surface area (Å²) in [6.45, 7) is -0.991. The molecule has 0 unspecified atom stereocenters. The average molecular weight is 465 g/mol. The van der Waals surface area contributed by atoms with Crippen LogP contribution in [0.5, 0.6) is 5.75 Å². The van der Waals surface area contributed by atoms with Crippen molar-refractivity contribution in [1.29, 1.82) is 0 Å². The molecule has 1 aliphatic carbocycles. The van der Waals surface area contributed by atoms with E-state index >= 15 is 0 Å². The molecule has 5 nitrogen and oxygen atoms in total. The third-order valence-electron chi connectivity index (χ3n) is 5.55. The number of hydrogen-bond donors (Lipinski definition) is 2. The van der Waals surface area contributed by atoms with Gasteiger partial charge in [0.25, 0.3) is 5.91 Å². The van der Waals surface area contributed by atoms with Gasteiger partial charge in [0.15, 0.2) is 11.6 Å². The Labute approximate surface area is 182 Å². The van der Waals surface area contributed by atoms with Gasteiger partial charge in [-0.05, 0) is 51.7 Å². The van der Waals surface area contributed by atoms with Crippen molar-refractivity contribution < 1.29 is 37.3 Å². The van der Waals surface area contributed by atoms with Crippen molar-refractivity contribution in [3.05, 3.63) is 35.8 Å². The highest BCUT2D eigenvalue weighted by Gasteiger charge is 2.48. The lowest BCUT2D eigenvalue weighted by Crippen LogP contribution is -2.57. The van der Waals surface area contributed by atoms with Gasteiger partial charge in [0.05, 0.1) is 11.1 Å². The van der Waals surface area contributed by atoms with Crippen LogP contribution in [-0.2, 0) is 0 Å². The predicted octanol–water partition coefficient (Wildman–Crippen LogP) is 5.19. The molecule has 0 saturated heterocycles. The smallest absolute Gasteiger partial charge is 0.406 e. The summed E-state index contributed by atoms with van der Waals surface area (Å²) >= 11 is 0. The number of nitrogens with zero attached hydrogens (tertiary/aromatic N) is 1. The summed E-state index contributed by atoms with van der Waals surface area (Å²) in [5.74, 6) is -2.11. The molecule has 0 atom stereocenters. The number of fused-ring (bicyclic) bond motifs is 1. The number of rotatable bonds is 6. The maximum Gasteiger partial charge on any atom is 0.406 e. The highest BCUT2D eigenvalue weighted by Crippen LogP contribution is 2.32. The largest absolute Gasteiger partial charge is 0.432 e. The van der Waals surface area contributed by atoms with E-state index in [0.717, 1.165) is 26.0 Å². The topological polar surface area (TPSA) is 63.2 Å². The number of benzene rings is 1. The molecule has 1 fully saturated rings. The van der Waals surface area contributed by atoms with Gasteiger partial charge in [-0.25, -0.2) is 4.39 Å². The zero-order valence-corrected chi connectivity index (χ0v) is 17.4. The maximum absolute atomic E-state index is 14.0. The zero-order chi connectivity index (χ0) is 23.7. The minimum atomic E-state index is -4.37. The second kappa shape index (κ2) is 9.13. The molecule has 0 bridgehead atoms. The van der Waals surface area contributed by atoms with E-state index in [4.69, 9.17) is 0 Å². The van der Waals surface area contributed by atoms with E-state index in [2.05, 4.69) is 20.4 Å². The molecule has 178 valence electrons. The second-order valence-corrected chi connectivity index (χ2v) is 8.37. The Hall–Kier alpha value is -2.56. The fourth-order valence-corrected chi connectivity index (χ4v) is 3.68. The number of carbonyl (C=O) groups is 1. The third-order valence-corrected chi connectivity index (χ3v) is 5.55. The summed E-state index contributed by atoms with van der Waals surface area (Å²) in [7, 11) is 0. The van der Waals surface area contributed by atoms with Crippen LogP contribution in [0.2, 0.25) is 0 Å². The molecule has 2 N–H and O–H groups in total. The van der Waals surface area contributed by atoms with Gasteiger partial charge >= 0.3 is 12.8 Å². The van der Waals surface area contributed by atoms with Crippen LogP contribution in [0.25, 0.3) is 10.9 Å². The first-order valence-electron chi connectivity index (χ1n) is 10.0. The summed E-state index contributed by atoms with van der Waals surface area (Å²) in [6.07, 6.45) is -1.19. The number of pyridine rings is 1. The molecule has 11 heteroatoms. The lowest BCUT2D eigenvalue weighted by atomic mass is 9.89. The lowest BCUT2D eigenvalue weighted by molar-refractivity contribution is -0.188. The van der Waals surface area contributed by atoms with E-state index in [9.17, 15) is 31.1 Å². The number of halogens is 6. The summed E-state index contributed by atoms with van der Waals surface area (Å²) in [5.41, 5.74) is -1.67. The Bertz CT molecular complexity index is 978. The van der Waals surface area contributed by atoms with Gasteiger partial charge in [0.1, 0.15) is 5.54 Å². The highest BCUT2D eigenvalue weighted by molar-refractivity contribution is 5.97. The Morgan fingerprint density at radius 1 is 1.12 bits per heavy atom. The van der Waals surface area contributed by atoms with E-state index in [1.54, 1.807) is 0 Å². The van der Waals surface area contributed by atoms with Crippen molar-refractivity contribution in [1.82, 2.24) is 15.6 Å². The zero-order valence-electron chi connectivity index (χ0n) is 17.4. The van der Waals surface area contributed by atoms with Crippen LogP contribution in [0.3, 0.4) is 0 Å². The Morgan fingerprint density at radius 3 is 2.34 bits per heavy atom. The third kappa shape index (κ3) is 5.62. The van der Waals surface area contributed by atoms with Gasteiger partial charge in [0, 0.05) is 31.2 Å². The van der Waals surface area contributed by atoms with Crippen LogP contribution in [0.4, 0.5) is 26.3 Å². The minimum absolute atomic E-state index is 0. The van der Waals surface area contributed by atoms with Crippen LogP contribution in [0.1, 0.15) is 51.3 Å². The second-order valence-electron chi connectivity index (χ2n) is 8.37. The predicted molar refractivity (Wildman–Crippen MR) is 107 cm³/mol. The maximum atomic E-state index is 14.0. The quantitative estimate of drug-likeness (QED) is 0.577. The fourth-order valence-electron chi connectivity index (χ4n) is 3.68. The van der Waals surface area contributed by atoms with Crippen molar-refractivity contribution in [2.24, 2.45) is 0 Å². The first-order valence-corrected chi connectivity index (χ1v) is 10.0. The number of nitrogens with one attached hydrogen (secondary N) is 2. The SMILES string of the molecule is CC(C)(NC1CCC(NC(=O)c2cnc3cc(OC(F)F)c(F)cc3c2)CC1)C(F)(F)F.[HH]. The van der Waals surface area contributed by atoms with Crippen molar-refractivity contribution in [2.75, 3.05) is 0 Å². The van der Waals surface area contributed by atoms with Gasteiger partial charge < -0.3 is 15.4 Å². The van der Waals surface area contributed by atoms with Crippen molar-refractivity contribution in [3.63, 3.8) is 0 Å². The Kier molecular flexibility index (Phi) is 6.87. The first-order chi connectivity index (χ1) is 14.9. The number of aromatic nitrogens is 1. The van der Waals surface area contributed by atoms with Gasteiger partial charge in [-0.1, -0.05) is 0 Å². The highest BCUT2D eigenvalue weighted by atomic mass is 19.4. The number of ether oxygens (including phenoxy) is 1. The van der Waals surface area contributed by atoms with Crippen LogP contribution in [0.15, 0.2) is 24.4 Å². The van der Waals surface area contributed by atoms with Crippen LogP contribution in [-0.4, -0.2) is 41.3 Å². The summed E-state index contributed by atoms with van der Waals surface area (Å²) in [6, 6.07) is 2.83. The molecule has 32 heavy (non-hydrogen) atoms. The normalized spacial score (nSPS) is 19.9. The molecular formula is C21H25F6N3O2.